The highest BCUT2D eigenvalue weighted by Crippen LogP contribution is 2.27. The number of nitrogen functional groups attached to an aromatic ring is 1. The van der Waals surface area contributed by atoms with E-state index in [2.05, 4.69) is 15.0 Å². The molecular weight excluding hydrogens is 468 g/mol. The number of rotatable bonds is 8. The average molecular weight is 491 g/mol. The van der Waals surface area contributed by atoms with Crippen LogP contribution in [0.4, 0.5) is 22.9 Å². The number of aromatic nitrogens is 1. The van der Waals surface area contributed by atoms with Crippen LogP contribution in [0.1, 0.15) is 10.4 Å². The summed E-state index contributed by atoms with van der Waals surface area (Å²) >= 11 is 0. The molecule has 0 bridgehead atoms. The number of nitrogens with zero attached hydrogens (tertiary/aromatic N) is 1. The number of pyridine rings is 1. The summed E-state index contributed by atoms with van der Waals surface area (Å²) in [5.74, 6) is 0.606. The van der Waals surface area contributed by atoms with Gasteiger partial charge >= 0.3 is 5.97 Å². The molecule has 4 aromatic rings. The third-order valence-corrected chi connectivity index (χ3v) is 6.31. The van der Waals surface area contributed by atoms with Gasteiger partial charge < -0.3 is 20.5 Å². The highest BCUT2D eigenvalue weighted by molar-refractivity contribution is 7.92. The van der Waals surface area contributed by atoms with Crippen LogP contribution in [0, 0.1) is 0 Å². The van der Waals surface area contributed by atoms with Crippen molar-refractivity contribution in [2.75, 3.05) is 22.9 Å². The van der Waals surface area contributed by atoms with Crippen molar-refractivity contribution < 1.29 is 22.7 Å². The normalized spacial score (nSPS) is 10.9. The fourth-order valence-corrected chi connectivity index (χ4v) is 4.20. The lowest BCUT2D eigenvalue weighted by atomic mass is 10.2. The molecule has 1 aromatic heterocycles. The Kier molecular flexibility index (Phi) is 6.83. The van der Waals surface area contributed by atoms with Gasteiger partial charge in [-0.05, 0) is 72.8 Å². The van der Waals surface area contributed by atoms with Crippen LogP contribution in [0.2, 0.25) is 0 Å². The van der Waals surface area contributed by atoms with E-state index in [1.807, 2.05) is 0 Å². The molecule has 1 heterocycles. The lowest BCUT2D eigenvalue weighted by molar-refractivity contribution is 0.0736. The number of benzene rings is 3. The van der Waals surface area contributed by atoms with Gasteiger partial charge in [0.15, 0.2) is 5.82 Å². The Morgan fingerprint density at radius 1 is 0.886 bits per heavy atom. The Morgan fingerprint density at radius 3 is 2.26 bits per heavy atom. The van der Waals surface area contributed by atoms with Crippen LogP contribution in [0.25, 0.3) is 0 Å². The number of ether oxygens (including phenoxy) is 2. The molecule has 10 heteroatoms. The van der Waals surface area contributed by atoms with E-state index in [4.69, 9.17) is 15.2 Å². The molecule has 0 amide bonds. The molecule has 0 saturated heterocycles. The van der Waals surface area contributed by atoms with Gasteiger partial charge in [-0.2, -0.15) is 0 Å². The third-order valence-electron chi connectivity index (χ3n) is 4.93. The molecule has 3 aromatic carbocycles. The number of hydrogen-bond acceptors (Lipinski definition) is 8. The molecule has 0 atom stereocenters. The molecule has 4 rings (SSSR count). The van der Waals surface area contributed by atoms with E-state index in [0.29, 0.717) is 28.7 Å². The van der Waals surface area contributed by atoms with Crippen LogP contribution in [0.15, 0.2) is 96.0 Å². The minimum absolute atomic E-state index is 0.0818. The van der Waals surface area contributed by atoms with Crippen LogP contribution >= 0.6 is 0 Å². The standard InChI is InChI=1S/C25H22N4O5S/c1-33-18-12-14-20(15-13-18)35(31,32)29-23-7-4-16-27-24(23)28-17-8-10-19(11-9-17)34-25(30)21-5-2-3-6-22(21)26/h2-16,29H,26H2,1H3,(H,27,28). The van der Waals surface area contributed by atoms with Crippen molar-refractivity contribution in [3.05, 3.63) is 96.7 Å². The van der Waals surface area contributed by atoms with Crippen molar-refractivity contribution in [1.82, 2.24) is 4.98 Å². The van der Waals surface area contributed by atoms with Gasteiger partial charge in [-0.3, -0.25) is 4.72 Å². The fraction of sp³-hybridized carbons (Fsp3) is 0.0400. The van der Waals surface area contributed by atoms with Crippen LogP contribution < -0.4 is 25.2 Å². The Morgan fingerprint density at radius 2 is 1.57 bits per heavy atom. The molecule has 0 aliphatic heterocycles. The highest BCUT2D eigenvalue weighted by Gasteiger charge is 2.17. The Bertz CT molecular complexity index is 1440. The summed E-state index contributed by atoms with van der Waals surface area (Å²) in [5.41, 5.74) is 7.29. The number of hydrogen-bond donors (Lipinski definition) is 3. The summed E-state index contributed by atoms with van der Waals surface area (Å²) in [5, 5.41) is 3.07. The zero-order chi connectivity index (χ0) is 24.8. The van der Waals surface area contributed by atoms with Gasteiger partial charge in [0.2, 0.25) is 0 Å². The molecule has 0 aliphatic carbocycles. The lowest BCUT2D eigenvalue weighted by Gasteiger charge is -2.14. The number of carbonyl (C=O) groups is 1. The summed E-state index contributed by atoms with van der Waals surface area (Å²) in [7, 11) is -2.35. The molecule has 0 fully saturated rings. The van der Waals surface area contributed by atoms with Crippen molar-refractivity contribution in [1.29, 1.82) is 0 Å². The van der Waals surface area contributed by atoms with Gasteiger partial charge in [0.25, 0.3) is 10.0 Å². The van der Waals surface area contributed by atoms with E-state index in [9.17, 15) is 13.2 Å². The maximum absolute atomic E-state index is 12.8. The van der Waals surface area contributed by atoms with E-state index < -0.39 is 16.0 Å². The first-order chi connectivity index (χ1) is 16.9. The van der Waals surface area contributed by atoms with Gasteiger partial charge in [-0.1, -0.05) is 12.1 Å². The Labute approximate surface area is 202 Å². The van der Waals surface area contributed by atoms with Crippen LogP contribution in [0.3, 0.4) is 0 Å². The second-order valence-electron chi connectivity index (χ2n) is 7.31. The number of anilines is 4. The van der Waals surface area contributed by atoms with E-state index in [-0.39, 0.29) is 16.1 Å². The minimum atomic E-state index is -3.86. The van der Waals surface area contributed by atoms with E-state index >= 15 is 0 Å². The molecule has 0 unspecified atom stereocenters. The van der Waals surface area contributed by atoms with Crippen molar-refractivity contribution in [3.8, 4) is 11.5 Å². The second-order valence-corrected chi connectivity index (χ2v) is 8.99. The molecule has 0 saturated carbocycles. The topological polar surface area (TPSA) is 133 Å². The van der Waals surface area contributed by atoms with Crippen molar-refractivity contribution in [3.63, 3.8) is 0 Å². The van der Waals surface area contributed by atoms with Gasteiger partial charge in [0.05, 0.1) is 23.3 Å². The minimum Gasteiger partial charge on any atom is -0.497 e. The monoisotopic (exact) mass is 490 g/mol. The first-order valence-electron chi connectivity index (χ1n) is 10.4. The van der Waals surface area contributed by atoms with Gasteiger partial charge in [-0.25, -0.2) is 18.2 Å². The smallest absolute Gasteiger partial charge is 0.345 e. The highest BCUT2D eigenvalue weighted by atomic mass is 32.2. The van der Waals surface area contributed by atoms with E-state index in [1.165, 1.54) is 25.4 Å². The SMILES string of the molecule is COc1ccc(S(=O)(=O)Nc2cccnc2Nc2ccc(OC(=O)c3ccccc3N)cc2)cc1. The van der Waals surface area contributed by atoms with Gasteiger partial charge in [-0.15, -0.1) is 0 Å². The summed E-state index contributed by atoms with van der Waals surface area (Å²) in [6.07, 6.45) is 1.54. The first kappa shape index (κ1) is 23.6. The molecule has 9 nitrogen and oxygen atoms in total. The predicted octanol–water partition coefficient (Wildman–Crippen LogP) is 4.44. The Hall–Kier alpha value is -4.57. The quantitative estimate of drug-likeness (QED) is 0.188. The number of methoxy groups -OCH3 is 1. The summed E-state index contributed by atoms with van der Waals surface area (Å²) in [6, 6.07) is 22.4. The second kappa shape index (κ2) is 10.1. The van der Waals surface area contributed by atoms with Crippen LogP contribution in [0.5, 0.6) is 11.5 Å². The maximum Gasteiger partial charge on any atom is 0.345 e. The van der Waals surface area contributed by atoms with Crippen molar-refractivity contribution in [2.45, 2.75) is 4.90 Å². The largest absolute Gasteiger partial charge is 0.497 e. The van der Waals surface area contributed by atoms with Crippen molar-refractivity contribution >= 4 is 38.9 Å². The average Bonchev–Trinajstić information content (AvgIpc) is 2.86. The molecule has 4 N–H and O–H groups in total. The zero-order valence-electron chi connectivity index (χ0n) is 18.6. The molecule has 35 heavy (non-hydrogen) atoms. The van der Waals surface area contributed by atoms with Gasteiger partial charge in [0, 0.05) is 17.6 Å². The number of para-hydroxylation sites is 1. The van der Waals surface area contributed by atoms with E-state index in [1.54, 1.807) is 72.8 Å². The molecule has 0 aliphatic rings. The van der Waals surface area contributed by atoms with Crippen LogP contribution in [-0.4, -0.2) is 26.5 Å². The third kappa shape index (κ3) is 5.68. The predicted molar refractivity (Wildman–Crippen MR) is 134 cm³/mol. The van der Waals surface area contributed by atoms with E-state index in [0.717, 1.165) is 0 Å². The molecular formula is C25H22N4O5S. The lowest BCUT2D eigenvalue weighted by Crippen LogP contribution is -2.14. The number of nitrogens with one attached hydrogen (secondary N) is 2. The van der Waals surface area contributed by atoms with Gasteiger partial charge in [0.1, 0.15) is 11.5 Å². The maximum atomic E-state index is 12.8. The molecule has 178 valence electrons. The van der Waals surface area contributed by atoms with Crippen LogP contribution in [-0.2, 0) is 10.0 Å². The molecule has 0 radical (unpaired) electrons. The molecule has 0 spiro atoms. The Balaban J connectivity index is 1.47. The zero-order valence-corrected chi connectivity index (χ0v) is 19.5. The van der Waals surface area contributed by atoms with Crippen molar-refractivity contribution in [2.24, 2.45) is 0 Å². The summed E-state index contributed by atoms with van der Waals surface area (Å²) < 4.78 is 38.7. The number of nitrogens with two attached hydrogens (primary N) is 1. The number of carbonyl (C=O) groups excluding carboxylic acids is 1. The fourth-order valence-electron chi connectivity index (χ4n) is 3.13. The summed E-state index contributed by atoms with van der Waals surface area (Å²) in [6.45, 7) is 0. The number of esters is 1. The first-order valence-corrected chi connectivity index (χ1v) is 11.9. The number of sulfonamides is 1. The summed E-state index contributed by atoms with van der Waals surface area (Å²) in [4.78, 5) is 16.7.